The highest BCUT2D eigenvalue weighted by molar-refractivity contribution is 7.99. The molecule has 27 heavy (non-hydrogen) atoms. The van der Waals surface area contributed by atoms with E-state index in [1.807, 2.05) is 60.7 Å². The number of aromatic nitrogens is 1. The van der Waals surface area contributed by atoms with Crippen LogP contribution in [0.5, 0.6) is 0 Å². The van der Waals surface area contributed by atoms with Crippen LogP contribution >= 0.6 is 23.4 Å². The molecule has 4 nitrogen and oxygen atoms in total. The van der Waals surface area contributed by atoms with Crippen LogP contribution in [-0.4, -0.2) is 10.9 Å². The molecule has 2 aromatic heterocycles. The van der Waals surface area contributed by atoms with Gasteiger partial charge in [0.2, 0.25) is 0 Å². The summed E-state index contributed by atoms with van der Waals surface area (Å²) >= 11 is 7.54. The van der Waals surface area contributed by atoms with E-state index in [1.165, 1.54) is 11.8 Å². The van der Waals surface area contributed by atoms with Crippen LogP contribution in [0.15, 0.2) is 87.3 Å². The maximum Gasteiger partial charge on any atom is 0.252 e. The third kappa shape index (κ3) is 4.15. The molecule has 4 aromatic rings. The number of carbonyl (C=O) groups is 1. The Labute approximate surface area is 165 Å². The summed E-state index contributed by atoms with van der Waals surface area (Å²) in [7, 11) is 0. The van der Waals surface area contributed by atoms with Gasteiger partial charge in [-0.2, -0.15) is 0 Å². The van der Waals surface area contributed by atoms with Gasteiger partial charge in [0, 0.05) is 15.3 Å². The zero-order valence-electron chi connectivity index (χ0n) is 14.2. The SMILES string of the molecule is O=C(NCc1ccco1)c1cc(Sc2cccc(Cl)c2)nc2ccccc12. The number of benzene rings is 2. The first-order valence-electron chi connectivity index (χ1n) is 8.33. The maximum absolute atomic E-state index is 12.8. The van der Waals surface area contributed by atoms with Gasteiger partial charge in [0.15, 0.2) is 0 Å². The van der Waals surface area contributed by atoms with E-state index >= 15 is 0 Å². The fraction of sp³-hybridized carbons (Fsp3) is 0.0476. The van der Waals surface area contributed by atoms with E-state index in [9.17, 15) is 4.79 Å². The fourth-order valence-corrected chi connectivity index (χ4v) is 3.87. The first kappa shape index (κ1) is 17.6. The summed E-state index contributed by atoms with van der Waals surface area (Å²) in [6.45, 7) is 0.333. The number of amides is 1. The minimum atomic E-state index is -0.169. The molecular formula is C21H15ClN2O2S. The van der Waals surface area contributed by atoms with Crippen molar-refractivity contribution in [3.63, 3.8) is 0 Å². The van der Waals surface area contributed by atoms with E-state index in [0.717, 1.165) is 20.8 Å². The van der Waals surface area contributed by atoms with Crippen molar-refractivity contribution >= 4 is 40.2 Å². The Balaban J connectivity index is 1.66. The molecule has 0 aliphatic carbocycles. The molecule has 0 bridgehead atoms. The molecule has 4 rings (SSSR count). The topological polar surface area (TPSA) is 55.1 Å². The molecule has 1 N–H and O–H groups in total. The highest BCUT2D eigenvalue weighted by Gasteiger charge is 2.14. The first-order chi connectivity index (χ1) is 13.2. The van der Waals surface area contributed by atoms with E-state index < -0.39 is 0 Å². The molecule has 134 valence electrons. The van der Waals surface area contributed by atoms with Crippen LogP contribution in [-0.2, 0) is 6.54 Å². The smallest absolute Gasteiger partial charge is 0.252 e. The lowest BCUT2D eigenvalue weighted by atomic mass is 10.1. The molecule has 0 atom stereocenters. The van der Waals surface area contributed by atoms with Crippen molar-refractivity contribution in [1.82, 2.24) is 10.3 Å². The zero-order chi connectivity index (χ0) is 18.6. The minimum Gasteiger partial charge on any atom is -0.467 e. The third-order valence-electron chi connectivity index (χ3n) is 3.96. The Morgan fingerprint density at radius 3 is 2.78 bits per heavy atom. The summed E-state index contributed by atoms with van der Waals surface area (Å²) < 4.78 is 5.28. The lowest BCUT2D eigenvalue weighted by molar-refractivity contribution is 0.0949. The number of rotatable bonds is 5. The zero-order valence-corrected chi connectivity index (χ0v) is 15.8. The van der Waals surface area contributed by atoms with Crippen LogP contribution in [0.4, 0.5) is 0 Å². The average molecular weight is 395 g/mol. The second kappa shape index (κ2) is 7.86. The minimum absolute atomic E-state index is 0.169. The van der Waals surface area contributed by atoms with Crippen LogP contribution in [0.25, 0.3) is 10.9 Å². The van der Waals surface area contributed by atoms with Gasteiger partial charge in [-0.3, -0.25) is 4.79 Å². The number of halogens is 1. The lowest BCUT2D eigenvalue weighted by Gasteiger charge is -2.10. The third-order valence-corrected chi connectivity index (χ3v) is 5.10. The highest BCUT2D eigenvalue weighted by atomic mass is 35.5. The van der Waals surface area contributed by atoms with Gasteiger partial charge < -0.3 is 9.73 Å². The Bertz CT molecular complexity index is 1100. The van der Waals surface area contributed by atoms with Crippen LogP contribution in [0.1, 0.15) is 16.1 Å². The number of nitrogens with zero attached hydrogens (tertiary/aromatic N) is 1. The van der Waals surface area contributed by atoms with Gasteiger partial charge >= 0.3 is 0 Å². The molecule has 2 aromatic carbocycles. The molecule has 2 heterocycles. The number of pyridine rings is 1. The van der Waals surface area contributed by atoms with Crippen molar-refractivity contribution in [2.45, 2.75) is 16.5 Å². The van der Waals surface area contributed by atoms with Crippen molar-refractivity contribution in [1.29, 1.82) is 0 Å². The normalized spacial score (nSPS) is 10.9. The largest absolute Gasteiger partial charge is 0.467 e. The quantitative estimate of drug-likeness (QED) is 0.481. The highest BCUT2D eigenvalue weighted by Crippen LogP contribution is 2.31. The van der Waals surface area contributed by atoms with Crippen molar-refractivity contribution in [3.8, 4) is 0 Å². The van der Waals surface area contributed by atoms with Gasteiger partial charge in [-0.1, -0.05) is 47.6 Å². The van der Waals surface area contributed by atoms with E-state index in [1.54, 1.807) is 12.3 Å². The Hall–Kier alpha value is -2.76. The van der Waals surface area contributed by atoms with Gasteiger partial charge in [0.1, 0.15) is 10.8 Å². The van der Waals surface area contributed by atoms with E-state index in [0.29, 0.717) is 22.9 Å². The standard InChI is InChI=1S/C21H15ClN2O2S/c22-14-5-3-7-16(11-14)27-20-12-18(17-8-1-2-9-19(17)24-20)21(25)23-13-15-6-4-10-26-15/h1-12H,13H2,(H,23,25). The molecule has 0 saturated carbocycles. The average Bonchev–Trinajstić information content (AvgIpc) is 3.19. The monoisotopic (exact) mass is 394 g/mol. The number of fused-ring (bicyclic) bond motifs is 1. The van der Waals surface area contributed by atoms with Crippen LogP contribution < -0.4 is 5.32 Å². The molecule has 0 saturated heterocycles. The second-order valence-corrected chi connectivity index (χ2v) is 7.38. The van der Waals surface area contributed by atoms with Crippen molar-refractivity contribution in [2.24, 2.45) is 0 Å². The van der Waals surface area contributed by atoms with Crippen molar-refractivity contribution < 1.29 is 9.21 Å². The number of carbonyl (C=O) groups excluding carboxylic acids is 1. The van der Waals surface area contributed by atoms with E-state index in [4.69, 9.17) is 16.0 Å². The number of hydrogen-bond donors (Lipinski definition) is 1. The van der Waals surface area contributed by atoms with Crippen LogP contribution in [0.2, 0.25) is 5.02 Å². The molecule has 0 fully saturated rings. The number of nitrogens with one attached hydrogen (secondary N) is 1. The molecule has 0 spiro atoms. The van der Waals surface area contributed by atoms with Crippen LogP contribution in [0.3, 0.4) is 0 Å². The second-order valence-electron chi connectivity index (χ2n) is 5.85. The lowest BCUT2D eigenvalue weighted by Crippen LogP contribution is -2.23. The van der Waals surface area contributed by atoms with Crippen molar-refractivity contribution in [2.75, 3.05) is 0 Å². The van der Waals surface area contributed by atoms with Crippen molar-refractivity contribution in [3.05, 3.63) is 89.3 Å². The van der Waals surface area contributed by atoms with Gasteiger partial charge in [-0.15, -0.1) is 0 Å². The molecule has 6 heteroatoms. The fourth-order valence-electron chi connectivity index (χ4n) is 2.72. The summed E-state index contributed by atoms with van der Waals surface area (Å²) in [6.07, 6.45) is 1.59. The number of hydrogen-bond acceptors (Lipinski definition) is 4. The summed E-state index contributed by atoms with van der Waals surface area (Å²) in [4.78, 5) is 18.4. The Morgan fingerprint density at radius 1 is 1.07 bits per heavy atom. The number of para-hydroxylation sites is 1. The maximum atomic E-state index is 12.8. The van der Waals surface area contributed by atoms with Gasteiger partial charge in [-0.25, -0.2) is 4.98 Å². The van der Waals surface area contributed by atoms with Crippen LogP contribution in [0, 0.1) is 0 Å². The molecule has 1 amide bonds. The molecule has 0 aliphatic heterocycles. The predicted molar refractivity (Wildman–Crippen MR) is 107 cm³/mol. The molecule has 0 radical (unpaired) electrons. The molecule has 0 aliphatic rings. The Morgan fingerprint density at radius 2 is 1.96 bits per heavy atom. The van der Waals surface area contributed by atoms with E-state index in [-0.39, 0.29) is 5.91 Å². The van der Waals surface area contributed by atoms with Gasteiger partial charge in [0.25, 0.3) is 5.91 Å². The molecular weight excluding hydrogens is 380 g/mol. The first-order valence-corrected chi connectivity index (χ1v) is 9.52. The van der Waals surface area contributed by atoms with E-state index in [2.05, 4.69) is 10.3 Å². The van der Waals surface area contributed by atoms with Gasteiger partial charge in [0.05, 0.1) is 23.9 Å². The van der Waals surface area contributed by atoms with Gasteiger partial charge in [-0.05, 0) is 42.5 Å². The Kier molecular flexibility index (Phi) is 5.14. The molecule has 0 unspecified atom stereocenters. The summed E-state index contributed by atoms with van der Waals surface area (Å²) in [5.41, 5.74) is 1.35. The summed E-state index contributed by atoms with van der Waals surface area (Å²) in [6, 6.07) is 20.6. The predicted octanol–water partition coefficient (Wildman–Crippen LogP) is 5.56. The summed E-state index contributed by atoms with van der Waals surface area (Å²) in [5, 5.41) is 5.11. The summed E-state index contributed by atoms with van der Waals surface area (Å²) in [5.74, 6) is 0.535. The number of furan rings is 1.